The molecule has 0 fully saturated rings. The lowest BCUT2D eigenvalue weighted by Crippen LogP contribution is -2.20. The van der Waals surface area contributed by atoms with E-state index < -0.39 is 0 Å². The molecule has 1 heterocycles. The number of thiophene rings is 1. The standard InChI is InChI=1S/C16H17N3O2S/c1-12-4-2-5-13(10-12)18-15(20)7-8-16(21)19-17-11-14-6-3-9-22-14/h2-6,9-11H,7-8H2,1H3,(H,18,20)(H,19,21). The summed E-state index contributed by atoms with van der Waals surface area (Å²) in [6.07, 6.45) is 1.79. The summed E-state index contributed by atoms with van der Waals surface area (Å²) in [5, 5.41) is 8.53. The van der Waals surface area contributed by atoms with Gasteiger partial charge < -0.3 is 5.32 Å². The van der Waals surface area contributed by atoms with E-state index in [9.17, 15) is 9.59 Å². The van der Waals surface area contributed by atoms with Gasteiger partial charge in [-0.3, -0.25) is 9.59 Å². The fourth-order valence-corrected chi connectivity index (χ4v) is 2.35. The predicted octanol–water partition coefficient (Wildman–Crippen LogP) is 2.93. The van der Waals surface area contributed by atoms with Crippen molar-refractivity contribution in [3.63, 3.8) is 0 Å². The highest BCUT2D eigenvalue weighted by atomic mass is 32.1. The summed E-state index contributed by atoms with van der Waals surface area (Å²) in [6.45, 7) is 1.95. The van der Waals surface area contributed by atoms with Crippen molar-refractivity contribution in [2.75, 3.05) is 5.32 Å². The quantitative estimate of drug-likeness (QED) is 0.635. The number of nitrogens with one attached hydrogen (secondary N) is 2. The van der Waals surface area contributed by atoms with E-state index in [1.54, 1.807) is 6.21 Å². The fourth-order valence-electron chi connectivity index (χ4n) is 1.76. The van der Waals surface area contributed by atoms with Gasteiger partial charge in [0.25, 0.3) is 0 Å². The highest BCUT2D eigenvalue weighted by molar-refractivity contribution is 7.11. The summed E-state index contributed by atoms with van der Waals surface area (Å²) >= 11 is 1.53. The van der Waals surface area contributed by atoms with E-state index in [4.69, 9.17) is 0 Å². The van der Waals surface area contributed by atoms with E-state index in [2.05, 4.69) is 15.8 Å². The van der Waals surface area contributed by atoms with Crippen LogP contribution < -0.4 is 10.7 Å². The number of hydrogen-bond acceptors (Lipinski definition) is 4. The topological polar surface area (TPSA) is 70.6 Å². The van der Waals surface area contributed by atoms with Crippen LogP contribution in [-0.2, 0) is 9.59 Å². The molecule has 1 aromatic carbocycles. The normalized spacial score (nSPS) is 10.6. The summed E-state index contributed by atoms with van der Waals surface area (Å²) in [5.41, 5.74) is 4.21. The van der Waals surface area contributed by atoms with E-state index in [1.807, 2.05) is 48.7 Å². The zero-order chi connectivity index (χ0) is 15.8. The van der Waals surface area contributed by atoms with Gasteiger partial charge in [0.1, 0.15) is 0 Å². The van der Waals surface area contributed by atoms with Crippen molar-refractivity contribution in [1.82, 2.24) is 5.43 Å². The van der Waals surface area contributed by atoms with Crippen LogP contribution in [-0.4, -0.2) is 18.0 Å². The van der Waals surface area contributed by atoms with Gasteiger partial charge in [0.05, 0.1) is 6.21 Å². The van der Waals surface area contributed by atoms with Gasteiger partial charge in [0, 0.05) is 23.4 Å². The lowest BCUT2D eigenvalue weighted by atomic mass is 10.2. The van der Waals surface area contributed by atoms with Crippen LogP contribution in [0.15, 0.2) is 46.9 Å². The number of amides is 2. The highest BCUT2D eigenvalue weighted by Gasteiger charge is 2.06. The summed E-state index contributed by atoms with van der Waals surface area (Å²) in [6, 6.07) is 11.3. The second kappa shape index (κ2) is 8.09. The third-order valence-corrected chi connectivity index (χ3v) is 3.61. The molecule has 0 aliphatic carbocycles. The monoisotopic (exact) mass is 315 g/mol. The Morgan fingerprint density at radius 3 is 2.73 bits per heavy atom. The molecule has 0 saturated heterocycles. The smallest absolute Gasteiger partial charge is 0.240 e. The number of carbonyl (C=O) groups excluding carboxylic acids is 2. The van der Waals surface area contributed by atoms with Crippen molar-refractivity contribution < 1.29 is 9.59 Å². The van der Waals surface area contributed by atoms with E-state index >= 15 is 0 Å². The number of anilines is 1. The summed E-state index contributed by atoms with van der Waals surface area (Å²) in [7, 11) is 0. The number of hydrazone groups is 1. The number of nitrogens with zero attached hydrogens (tertiary/aromatic N) is 1. The molecule has 114 valence electrons. The summed E-state index contributed by atoms with van der Waals surface area (Å²) < 4.78 is 0. The largest absolute Gasteiger partial charge is 0.326 e. The average molecular weight is 315 g/mol. The molecule has 0 unspecified atom stereocenters. The van der Waals surface area contributed by atoms with Gasteiger partial charge >= 0.3 is 0 Å². The number of aryl methyl sites for hydroxylation is 1. The molecule has 0 atom stereocenters. The van der Waals surface area contributed by atoms with Crippen molar-refractivity contribution in [2.24, 2.45) is 5.10 Å². The average Bonchev–Trinajstić information content (AvgIpc) is 2.98. The van der Waals surface area contributed by atoms with Crippen LogP contribution >= 0.6 is 11.3 Å². The van der Waals surface area contributed by atoms with E-state index in [1.165, 1.54) is 11.3 Å². The van der Waals surface area contributed by atoms with Crippen LogP contribution in [0.1, 0.15) is 23.3 Å². The van der Waals surface area contributed by atoms with Gasteiger partial charge in [-0.25, -0.2) is 5.43 Å². The Labute approximate surface area is 133 Å². The molecule has 0 radical (unpaired) electrons. The zero-order valence-corrected chi connectivity index (χ0v) is 13.0. The van der Waals surface area contributed by atoms with E-state index in [0.29, 0.717) is 0 Å². The van der Waals surface area contributed by atoms with Crippen LogP contribution in [0.25, 0.3) is 0 Å². The number of carbonyl (C=O) groups is 2. The Hall–Kier alpha value is -2.47. The molecule has 2 rings (SSSR count). The van der Waals surface area contributed by atoms with Crippen LogP contribution in [0.2, 0.25) is 0 Å². The Morgan fingerprint density at radius 2 is 2.00 bits per heavy atom. The minimum absolute atomic E-state index is 0.0967. The molecule has 22 heavy (non-hydrogen) atoms. The lowest BCUT2D eigenvalue weighted by Gasteiger charge is -2.05. The second-order valence-electron chi connectivity index (χ2n) is 4.73. The van der Waals surface area contributed by atoms with Crippen LogP contribution in [0.4, 0.5) is 5.69 Å². The van der Waals surface area contributed by atoms with Gasteiger partial charge in [-0.15, -0.1) is 11.3 Å². The van der Waals surface area contributed by atoms with Gasteiger partial charge in [-0.05, 0) is 36.1 Å². The van der Waals surface area contributed by atoms with Crippen molar-refractivity contribution in [3.8, 4) is 0 Å². The Bertz CT molecular complexity index is 666. The Balaban J connectivity index is 1.70. The molecule has 2 N–H and O–H groups in total. The minimum atomic E-state index is -0.285. The molecule has 0 saturated carbocycles. The maximum absolute atomic E-state index is 11.8. The molecule has 5 nitrogen and oxygen atoms in total. The Kier molecular flexibility index (Phi) is 5.85. The van der Waals surface area contributed by atoms with Crippen LogP contribution in [0.5, 0.6) is 0 Å². The molecule has 1 aromatic heterocycles. The summed E-state index contributed by atoms with van der Waals surface area (Å²) in [4.78, 5) is 24.3. The lowest BCUT2D eigenvalue weighted by molar-refractivity contribution is -0.124. The van der Waals surface area contributed by atoms with Crippen molar-refractivity contribution >= 4 is 35.1 Å². The third kappa shape index (κ3) is 5.49. The van der Waals surface area contributed by atoms with E-state index in [-0.39, 0.29) is 24.7 Å². The van der Waals surface area contributed by atoms with Crippen LogP contribution in [0, 0.1) is 6.92 Å². The molecular weight excluding hydrogens is 298 g/mol. The molecule has 0 aliphatic heterocycles. The van der Waals surface area contributed by atoms with Gasteiger partial charge in [0.15, 0.2) is 0 Å². The molecule has 2 amide bonds. The fraction of sp³-hybridized carbons (Fsp3) is 0.188. The molecule has 0 aliphatic rings. The molecular formula is C16H17N3O2S. The maximum atomic E-state index is 11.8. The van der Waals surface area contributed by atoms with Crippen molar-refractivity contribution in [1.29, 1.82) is 0 Å². The number of hydrogen-bond donors (Lipinski definition) is 2. The van der Waals surface area contributed by atoms with Gasteiger partial charge in [-0.2, -0.15) is 5.10 Å². The van der Waals surface area contributed by atoms with Crippen LogP contribution in [0.3, 0.4) is 0 Å². The first-order chi connectivity index (χ1) is 10.6. The molecule has 0 spiro atoms. The van der Waals surface area contributed by atoms with Gasteiger partial charge in [0.2, 0.25) is 11.8 Å². The molecule has 0 bridgehead atoms. The second-order valence-corrected chi connectivity index (χ2v) is 5.71. The first-order valence-corrected chi connectivity index (χ1v) is 7.73. The minimum Gasteiger partial charge on any atom is -0.326 e. The summed E-state index contributed by atoms with van der Waals surface area (Å²) in [5.74, 6) is -0.477. The first kappa shape index (κ1) is 15.9. The van der Waals surface area contributed by atoms with Gasteiger partial charge in [-0.1, -0.05) is 18.2 Å². The number of rotatable bonds is 6. The van der Waals surface area contributed by atoms with Crippen molar-refractivity contribution in [2.45, 2.75) is 19.8 Å². The molecule has 6 heteroatoms. The zero-order valence-electron chi connectivity index (χ0n) is 12.2. The highest BCUT2D eigenvalue weighted by Crippen LogP contribution is 2.10. The predicted molar refractivity (Wildman–Crippen MR) is 89.1 cm³/mol. The maximum Gasteiger partial charge on any atom is 0.240 e. The SMILES string of the molecule is Cc1cccc(NC(=O)CCC(=O)NN=Cc2cccs2)c1. The Morgan fingerprint density at radius 1 is 1.18 bits per heavy atom. The van der Waals surface area contributed by atoms with Crippen molar-refractivity contribution in [3.05, 3.63) is 52.2 Å². The first-order valence-electron chi connectivity index (χ1n) is 6.85. The number of benzene rings is 1. The van der Waals surface area contributed by atoms with E-state index in [0.717, 1.165) is 16.1 Å². The molecule has 2 aromatic rings. The third-order valence-electron chi connectivity index (χ3n) is 2.81.